The number of ether oxygens (including phenoxy) is 1. The largest absolute Gasteiger partial charge is 0.467 e. The molecule has 2 rings (SSSR count). The van der Waals surface area contributed by atoms with E-state index in [-0.39, 0.29) is 5.97 Å². The van der Waals surface area contributed by atoms with Gasteiger partial charge in [0.1, 0.15) is 0 Å². The van der Waals surface area contributed by atoms with Crippen LogP contribution in [-0.2, 0) is 9.53 Å². The lowest BCUT2D eigenvalue weighted by Crippen LogP contribution is -2.39. The standard InChI is InChI=1S/C8H12N2O2/c1-12-7(11)8-4-2-3-6(8)5-9-10-8/h6H,2-5H2,1H3/t6-,8+/m0/s1. The number of esters is 1. The Hall–Kier alpha value is -0.930. The van der Waals surface area contributed by atoms with Gasteiger partial charge in [-0.15, -0.1) is 0 Å². The molecule has 0 spiro atoms. The maximum absolute atomic E-state index is 11.4. The van der Waals surface area contributed by atoms with Crippen LogP contribution in [0.3, 0.4) is 0 Å². The van der Waals surface area contributed by atoms with Gasteiger partial charge >= 0.3 is 5.97 Å². The van der Waals surface area contributed by atoms with Crippen LogP contribution in [0.4, 0.5) is 0 Å². The van der Waals surface area contributed by atoms with Crippen LogP contribution in [0.1, 0.15) is 19.3 Å². The predicted octanol–water partition coefficient (Wildman–Crippen LogP) is 1.16. The van der Waals surface area contributed by atoms with Crippen molar-refractivity contribution in [1.82, 2.24) is 0 Å². The highest BCUT2D eigenvalue weighted by atomic mass is 16.5. The second-order valence-corrected chi connectivity index (χ2v) is 3.43. The Kier molecular flexibility index (Phi) is 1.63. The molecule has 0 aromatic carbocycles. The van der Waals surface area contributed by atoms with Crippen molar-refractivity contribution in [1.29, 1.82) is 0 Å². The first-order valence-electron chi connectivity index (χ1n) is 4.27. The Morgan fingerprint density at radius 3 is 3.25 bits per heavy atom. The van der Waals surface area contributed by atoms with Crippen molar-refractivity contribution in [2.24, 2.45) is 16.1 Å². The lowest BCUT2D eigenvalue weighted by molar-refractivity contribution is -0.147. The topological polar surface area (TPSA) is 51.0 Å². The third-order valence-corrected chi connectivity index (χ3v) is 2.88. The highest BCUT2D eigenvalue weighted by Crippen LogP contribution is 2.43. The van der Waals surface area contributed by atoms with Crippen LogP contribution in [0.25, 0.3) is 0 Å². The van der Waals surface area contributed by atoms with E-state index in [1.54, 1.807) is 0 Å². The Bertz CT molecular complexity index is 239. The predicted molar refractivity (Wildman–Crippen MR) is 41.8 cm³/mol. The van der Waals surface area contributed by atoms with Crippen molar-refractivity contribution in [2.75, 3.05) is 13.7 Å². The first-order valence-corrected chi connectivity index (χ1v) is 4.27. The molecule has 12 heavy (non-hydrogen) atoms. The van der Waals surface area contributed by atoms with Crippen molar-refractivity contribution in [3.8, 4) is 0 Å². The quantitative estimate of drug-likeness (QED) is 0.552. The molecule has 0 unspecified atom stereocenters. The number of nitrogens with zero attached hydrogens (tertiary/aromatic N) is 2. The van der Waals surface area contributed by atoms with Gasteiger partial charge in [0.05, 0.1) is 13.7 Å². The Morgan fingerprint density at radius 2 is 2.50 bits per heavy atom. The van der Waals surface area contributed by atoms with Gasteiger partial charge < -0.3 is 4.74 Å². The lowest BCUT2D eigenvalue weighted by Gasteiger charge is -2.20. The van der Waals surface area contributed by atoms with Gasteiger partial charge in [-0.2, -0.15) is 10.2 Å². The number of azo groups is 1. The molecule has 1 fully saturated rings. The van der Waals surface area contributed by atoms with Crippen LogP contribution in [0.5, 0.6) is 0 Å². The molecule has 2 aliphatic rings. The van der Waals surface area contributed by atoms with E-state index < -0.39 is 5.54 Å². The molecule has 1 saturated carbocycles. The highest BCUT2D eigenvalue weighted by molar-refractivity contribution is 5.82. The van der Waals surface area contributed by atoms with Crippen molar-refractivity contribution in [3.05, 3.63) is 0 Å². The van der Waals surface area contributed by atoms with Crippen LogP contribution < -0.4 is 0 Å². The SMILES string of the molecule is COC(=O)[C@@]12CCC[C@H]1CN=N2. The van der Waals surface area contributed by atoms with Gasteiger partial charge in [-0.1, -0.05) is 0 Å². The Morgan fingerprint density at radius 1 is 1.67 bits per heavy atom. The fraction of sp³-hybridized carbons (Fsp3) is 0.875. The molecule has 0 saturated heterocycles. The number of hydrogen-bond donors (Lipinski definition) is 0. The molecule has 1 aliphatic heterocycles. The molecule has 2 atom stereocenters. The molecule has 4 nitrogen and oxygen atoms in total. The molecule has 1 heterocycles. The summed E-state index contributed by atoms with van der Waals surface area (Å²) in [5, 5.41) is 7.98. The van der Waals surface area contributed by atoms with E-state index >= 15 is 0 Å². The molecule has 0 aromatic rings. The molecule has 0 amide bonds. The van der Waals surface area contributed by atoms with E-state index in [9.17, 15) is 4.79 Å². The summed E-state index contributed by atoms with van der Waals surface area (Å²) in [6.07, 6.45) is 2.94. The highest BCUT2D eigenvalue weighted by Gasteiger charge is 2.53. The van der Waals surface area contributed by atoms with E-state index in [0.717, 1.165) is 19.3 Å². The normalized spacial score (nSPS) is 38.2. The Balaban J connectivity index is 2.27. The molecular formula is C8H12N2O2. The van der Waals surface area contributed by atoms with Gasteiger partial charge in [0.25, 0.3) is 0 Å². The average Bonchev–Trinajstić information content (AvgIpc) is 2.60. The van der Waals surface area contributed by atoms with Crippen molar-refractivity contribution in [3.63, 3.8) is 0 Å². The van der Waals surface area contributed by atoms with E-state index in [2.05, 4.69) is 10.2 Å². The molecule has 0 radical (unpaired) electrons. The molecule has 0 bridgehead atoms. The van der Waals surface area contributed by atoms with E-state index in [4.69, 9.17) is 4.74 Å². The summed E-state index contributed by atoms with van der Waals surface area (Å²) in [5.41, 5.74) is -0.589. The van der Waals surface area contributed by atoms with Gasteiger partial charge in [0.2, 0.25) is 0 Å². The summed E-state index contributed by atoms with van der Waals surface area (Å²) in [6.45, 7) is 0.703. The number of hydrogen-bond acceptors (Lipinski definition) is 4. The van der Waals surface area contributed by atoms with Gasteiger partial charge in [-0.05, 0) is 19.3 Å². The minimum Gasteiger partial charge on any atom is -0.467 e. The van der Waals surface area contributed by atoms with Gasteiger partial charge in [-0.25, -0.2) is 4.79 Å². The molecule has 0 aromatic heterocycles. The first kappa shape index (κ1) is 7.71. The van der Waals surface area contributed by atoms with E-state index in [0.29, 0.717) is 12.5 Å². The smallest absolute Gasteiger partial charge is 0.336 e. The fourth-order valence-corrected chi connectivity index (χ4v) is 2.19. The van der Waals surface area contributed by atoms with Crippen LogP contribution in [0.2, 0.25) is 0 Å². The Labute approximate surface area is 71.0 Å². The zero-order valence-electron chi connectivity index (χ0n) is 7.12. The minimum atomic E-state index is -0.589. The summed E-state index contributed by atoms with van der Waals surface area (Å²) < 4.78 is 4.75. The maximum atomic E-state index is 11.4. The molecule has 4 heteroatoms. The molecule has 0 N–H and O–H groups in total. The van der Waals surface area contributed by atoms with Crippen molar-refractivity contribution >= 4 is 5.97 Å². The molecular weight excluding hydrogens is 156 g/mol. The second kappa shape index (κ2) is 2.54. The number of carbonyl (C=O) groups excluding carboxylic acids is 1. The summed E-state index contributed by atoms with van der Waals surface area (Å²) in [6, 6.07) is 0. The minimum absolute atomic E-state index is 0.203. The molecule has 66 valence electrons. The molecule has 1 aliphatic carbocycles. The number of methoxy groups -OCH3 is 1. The first-order chi connectivity index (χ1) is 5.79. The zero-order valence-corrected chi connectivity index (χ0v) is 7.12. The second-order valence-electron chi connectivity index (χ2n) is 3.43. The third-order valence-electron chi connectivity index (χ3n) is 2.88. The summed E-state index contributed by atoms with van der Waals surface area (Å²) in [4.78, 5) is 11.4. The number of fused-ring (bicyclic) bond motifs is 1. The van der Waals surface area contributed by atoms with Crippen LogP contribution >= 0.6 is 0 Å². The lowest BCUT2D eigenvalue weighted by atomic mass is 9.89. The van der Waals surface area contributed by atoms with Crippen LogP contribution in [-0.4, -0.2) is 25.2 Å². The van der Waals surface area contributed by atoms with Crippen molar-refractivity contribution < 1.29 is 9.53 Å². The van der Waals surface area contributed by atoms with Crippen LogP contribution in [0, 0.1) is 5.92 Å². The van der Waals surface area contributed by atoms with E-state index in [1.165, 1.54) is 7.11 Å². The zero-order chi connectivity index (χ0) is 8.60. The van der Waals surface area contributed by atoms with Gasteiger partial charge in [0, 0.05) is 5.92 Å². The summed E-state index contributed by atoms with van der Waals surface area (Å²) >= 11 is 0. The number of rotatable bonds is 1. The van der Waals surface area contributed by atoms with Gasteiger partial charge in [-0.3, -0.25) is 0 Å². The number of carbonyl (C=O) groups is 1. The van der Waals surface area contributed by atoms with Gasteiger partial charge in [0.15, 0.2) is 5.54 Å². The van der Waals surface area contributed by atoms with E-state index in [1.807, 2.05) is 0 Å². The van der Waals surface area contributed by atoms with Crippen LogP contribution in [0.15, 0.2) is 10.2 Å². The monoisotopic (exact) mass is 168 g/mol. The average molecular weight is 168 g/mol. The maximum Gasteiger partial charge on any atom is 0.336 e. The summed E-state index contributed by atoms with van der Waals surface area (Å²) in [7, 11) is 1.42. The fourth-order valence-electron chi connectivity index (χ4n) is 2.19. The summed E-state index contributed by atoms with van der Waals surface area (Å²) in [5.74, 6) is 0.108. The third kappa shape index (κ3) is 0.806. The van der Waals surface area contributed by atoms with Crippen molar-refractivity contribution in [2.45, 2.75) is 24.8 Å².